The van der Waals surface area contributed by atoms with Crippen LogP contribution in [0.5, 0.6) is 0 Å². The molecule has 1 aromatic heterocycles. The number of hydrogen-bond acceptors (Lipinski definition) is 2. The molecule has 1 aliphatic heterocycles. The van der Waals surface area contributed by atoms with E-state index in [1.54, 1.807) is 11.0 Å². The topological polar surface area (TPSA) is 37.3 Å². The number of carbonyl (C=O) groups excluding carboxylic acids is 1. The third-order valence-corrected chi connectivity index (χ3v) is 5.93. The number of carbonyl (C=O) groups is 1. The number of rotatable bonds is 5. The van der Waals surface area contributed by atoms with Gasteiger partial charge < -0.3 is 9.88 Å². The van der Waals surface area contributed by atoms with Gasteiger partial charge in [0.2, 0.25) is 0 Å². The molecular formula is C22H19Cl2N3OS. The molecule has 0 radical (unpaired) electrons. The predicted octanol–water partition coefficient (Wildman–Crippen LogP) is 5.46. The zero-order valence-electron chi connectivity index (χ0n) is 15.8. The van der Waals surface area contributed by atoms with Crippen molar-refractivity contribution in [3.8, 4) is 0 Å². The normalized spacial score (nSPS) is 15.6. The number of thiocarbonyl (C=S) groups is 1. The molecule has 1 saturated heterocycles. The Kier molecular flexibility index (Phi) is 5.63. The van der Waals surface area contributed by atoms with Gasteiger partial charge in [-0.25, -0.2) is 0 Å². The lowest BCUT2D eigenvalue weighted by Crippen LogP contribution is -2.31. The highest BCUT2D eigenvalue weighted by molar-refractivity contribution is 7.80. The van der Waals surface area contributed by atoms with Gasteiger partial charge in [-0.15, -0.1) is 0 Å². The van der Waals surface area contributed by atoms with Crippen molar-refractivity contribution < 1.29 is 4.79 Å². The number of hydrogen-bond donors (Lipinski definition) is 1. The first-order chi connectivity index (χ1) is 14.0. The molecule has 1 N–H and O–H groups in total. The van der Waals surface area contributed by atoms with Crippen LogP contribution < -0.4 is 5.32 Å². The highest BCUT2D eigenvalue weighted by atomic mass is 35.5. The highest BCUT2D eigenvalue weighted by Crippen LogP contribution is 2.27. The number of halogens is 2. The molecule has 0 unspecified atom stereocenters. The molecule has 0 bridgehead atoms. The van der Waals surface area contributed by atoms with Gasteiger partial charge in [-0.1, -0.05) is 54.4 Å². The number of para-hydroxylation sites is 1. The fourth-order valence-electron chi connectivity index (χ4n) is 3.51. The van der Waals surface area contributed by atoms with Crippen LogP contribution in [0.2, 0.25) is 10.0 Å². The molecule has 2 aromatic carbocycles. The van der Waals surface area contributed by atoms with Gasteiger partial charge in [0, 0.05) is 35.8 Å². The maximum atomic E-state index is 12.7. The number of nitrogens with zero attached hydrogens (tertiary/aromatic N) is 2. The Labute approximate surface area is 184 Å². The van der Waals surface area contributed by atoms with Crippen molar-refractivity contribution in [3.63, 3.8) is 0 Å². The number of fused-ring (bicyclic) bond motifs is 1. The van der Waals surface area contributed by atoms with Gasteiger partial charge >= 0.3 is 0 Å². The fourth-order valence-corrected chi connectivity index (χ4v) is 4.11. The van der Waals surface area contributed by atoms with Crippen LogP contribution in [-0.4, -0.2) is 27.0 Å². The molecule has 7 heteroatoms. The summed E-state index contributed by atoms with van der Waals surface area (Å²) in [6.07, 6.45) is 4.77. The summed E-state index contributed by atoms with van der Waals surface area (Å²) in [6.45, 7) is 3.28. The van der Waals surface area contributed by atoms with E-state index in [9.17, 15) is 4.79 Å². The molecule has 1 fully saturated rings. The van der Waals surface area contributed by atoms with Gasteiger partial charge in [0.25, 0.3) is 5.91 Å². The van der Waals surface area contributed by atoms with Crippen molar-refractivity contribution in [1.29, 1.82) is 0 Å². The largest absolute Gasteiger partial charge is 0.342 e. The Hall–Kier alpha value is -2.34. The molecule has 4 nitrogen and oxygen atoms in total. The van der Waals surface area contributed by atoms with Crippen molar-refractivity contribution in [1.82, 2.24) is 14.8 Å². The van der Waals surface area contributed by atoms with E-state index in [0.717, 1.165) is 28.5 Å². The minimum atomic E-state index is -0.0850. The van der Waals surface area contributed by atoms with Gasteiger partial charge in [-0.3, -0.25) is 9.69 Å². The first kappa shape index (κ1) is 20.0. The van der Waals surface area contributed by atoms with Crippen LogP contribution in [0.15, 0.2) is 54.4 Å². The molecule has 1 amide bonds. The van der Waals surface area contributed by atoms with Gasteiger partial charge in [0.1, 0.15) is 5.70 Å². The fraction of sp³-hybridized carbons (Fsp3) is 0.182. The van der Waals surface area contributed by atoms with Crippen molar-refractivity contribution in [2.75, 3.05) is 6.54 Å². The van der Waals surface area contributed by atoms with Crippen LogP contribution in [0, 0.1) is 0 Å². The van der Waals surface area contributed by atoms with E-state index in [-0.39, 0.29) is 5.91 Å². The lowest BCUT2D eigenvalue weighted by molar-refractivity contribution is -0.122. The van der Waals surface area contributed by atoms with Crippen LogP contribution in [0.1, 0.15) is 24.5 Å². The molecule has 0 aliphatic carbocycles. The van der Waals surface area contributed by atoms with Gasteiger partial charge in [0.15, 0.2) is 5.11 Å². The zero-order valence-corrected chi connectivity index (χ0v) is 18.1. The second kappa shape index (κ2) is 8.19. The zero-order chi connectivity index (χ0) is 20.5. The van der Waals surface area contributed by atoms with Gasteiger partial charge in [-0.05, 0) is 48.5 Å². The van der Waals surface area contributed by atoms with E-state index in [2.05, 4.69) is 22.0 Å². The van der Waals surface area contributed by atoms with Crippen LogP contribution in [0.4, 0.5) is 0 Å². The second-order valence-corrected chi connectivity index (χ2v) is 8.12. The van der Waals surface area contributed by atoms with Crippen LogP contribution in [0.25, 0.3) is 17.0 Å². The number of benzene rings is 2. The van der Waals surface area contributed by atoms with E-state index in [0.29, 0.717) is 33.9 Å². The molecule has 0 saturated carbocycles. The van der Waals surface area contributed by atoms with E-state index >= 15 is 0 Å². The predicted molar refractivity (Wildman–Crippen MR) is 123 cm³/mol. The third kappa shape index (κ3) is 3.90. The number of amides is 1. The average molecular weight is 444 g/mol. The standard InChI is InChI=1S/C22H19Cl2N3OS/c1-2-9-27-21(28)19(25-22(27)29)11-15-13-26(20-6-4-3-5-16(15)20)12-14-7-8-17(23)18(24)10-14/h3-8,10-11,13H,2,9,12H2,1H3,(H,25,29)/b19-11-. The van der Waals surface area contributed by atoms with Crippen molar-refractivity contribution >= 4 is 63.4 Å². The molecule has 29 heavy (non-hydrogen) atoms. The molecule has 2 heterocycles. The first-order valence-corrected chi connectivity index (χ1v) is 10.5. The Morgan fingerprint density at radius 2 is 1.93 bits per heavy atom. The number of aromatic nitrogens is 1. The Balaban J connectivity index is 1.72. The maximum Gasteiger partial charge on any atom is 0.276 e. The summed E-state index contributed by atoms with van der Waals surface area (Å²) in [7, 11) is 0. The first-order valence-electron chi connectivity index (χ1n) is 9.34. The lowest BCUT2D eigenvalue weighted by Gasteiger charge is -2.11. The summed E-state index contributed by atoms with van der Waals surface area (Å²) in [6, 6.07) is 13.7. The third-order valence-electron chi connectivity index (χ3n) is 4.87. The molecule has 3 aromatic rings. The van der Waals surface area contributed by atoms with E-state index in [1.807, 2.05) is 43.5 Å². The number of nitrogens with one attached hydrogen (secondary N) is 1. The second-order valence-electron chi connectivity index (χ2n) is 6.92. The van der Waals surface area contributed by atoms with E-state index < -0.39 is 0 Å². The molecule has 0 spiro atoms. The summed E-state index contributed by atoms with van der Waals surface area (Å²) in [5.41, 5.74) is 3.58. The van der Waals surface area contributed by atoms with Gasteiger partial charge in [0.05, 0.1) is 10.0 Å². The minimum absolute atomic E-state index is 0.0850. The summed E-state index contributed by atoms with van der Waals surface area (Å²) >= 11 is 17.5. The van der Waals surface area contributed by atoms with Gasteiger partial charge in [-0.2, -0.15) is 0 Å². The quantitative estimate of drug-likeness (QED) is 0.419. The Bertz CT molecular complexity index is 1150. The van der Waals surface area contributed by atoms with Crippen LogP contribution in [-0.2, 0) is 11.3 Å². The van der Waals surface area contributed by atoms with Crippen molar-refractivity contribution in [3.05, 3.63) is 75.5 Å². The van der Waals surface area contributed by atoms with E-state index in [1.165, 1.54) is 0 Å². The molecule has 0 atom stereocenters. The molecule has 148 valence electrons. The smallest absolute Gasteiger partial charge is 0.276 e. The van der Waals surface area contributed by atoms with Crippen molar-refractivity contribution in [2.45, 2.75) is 19.9 Å². The van der Waals surface area contributed by atoms with E-state index in [4.69, 9.17) is 35.4 Å². The monoisotopic (exact) mass is 443 g/mol. The highest BCUT2D eigenvalue weighted by Gasteiger charge is 2.29. The van der Waals surface area contributed by atoms with Crippen LogP contribution >= 0.6 is 35.4 Å². The summed E-state index contributed by atoms with van der Waals surface area (Å²) in [4.78, 5) is 14.3. The van der Waals surface area contributed by atoms with Crippen molar-refractivity contribution in [2.24, 2.45) is 0 Å². The minimum Gasteiger partial charge on any atom is -0.342 e. The Morgan fingerprint density at radius 1 is 1.14 bits per heavy atom. The SMILES string of the molecule is CCCN1C(=O)/C(=C/c2cn(Cc3ccc(Cl)c(Cl)c3)c3ccccc23)NC1=S. The molecule has 4 rings (SSSR count). The Morgan fingerprint density at radius 3 is 2.69 bits per heavy atom. The molecular weight excluding hydrogens is 425 g/mol. The van der Waals surface area contributed by atoms with Crippen LogP contribution in [0.3, 0.4) is 0 Å². The summed E-state index contributed by atoms with van der Waals surface area (Å²) in [5, 5.41) is 5.65. The molecule has 1 aliphatic rings. The average Bonchev–Trinajstić information content (AvgIpc) is 3.18. The lowest BCUT2D eigenvalue weighted by atomic mass is 10.1. The summed E-state index contributed by atoms with van der Waals surface area (Å²) in [5.74, 6) is -0.0850. The maximum absolute atomic E-state index is 12.7. The summed E-state index contributed by atoms with van der Waals surface area (Å²) < 4.78 is 2.14.